The number of nitrogens with one attached hydrogen (secondary N) is 1. The molecule has 0 fully saturated rings. The topological polar surface area (TPSA) is 12.0 Å². The van der Waals surface area contributed by atoms with Crippen LogP contribution in [0.3, 0.4) is 0 Å². The lowest BCUT2D eigenvalue weighted by atomic mass is 10.1. The molecule has 1 radical (unpaired) electrons. The third-order valence-corrected chi connectivity index (χ3v) is 2.00. The van der Waals surface area contributed by atoms with E-state index >= 15 is 0 Å². The second-order valence-corrected chi connectivity index (χ2v) is 2.70. The van der Waals surface area contributed by atoms with Gasteiger partial charge in [-0.2, -0.15) is 0 Å². The minimum absolute atomic E-state index is 1.16. The Morgan fingerprint density at radius 3 is 3.00 bits per heavy atom. The Hall–Kier alpha value is -1.50. The van der Waals surface area contributed by atoms with Gasteiger partial charge in [0.15, 0.2) is 0 Å². The summed E-state index contributed by atoms with van der Waals surface area (Å²) in [5.74, 6) is 0. The van der Waals surface area contributed by atoms with E-state index in [1.54, 1.807) is 0 Å². The van der Waals surface area contributed by atoms with E-state index in [0.29, 0.717) is 0 Å². The average molecular weight is 156 g/mol. The summed E-state index contributed by atoms with van der Waals surface area (Å²) in [7, 11) is 1.93. The fraction of sp³-hybridized carbons (Fsp3) is 0.0909. The van der Waals surface area contributed by atoms with Crippen molar-refractivity contribution in [3.05, 3.63) is 42.5 Å². The van der Waals surface area contributed by atoms with Crippen LogP contribution in [0, 0.1) is 6.07 Å². The summed E-state index contributed by atoms with van der Waals surface area (Å²) in [6.07, 6.45) is 0. The summed E-state index contributed by atoms with van der Waals surface area (Å²) in [5.41, 5.74) is 1.16. The van der Waals surface area contributed by atoms with Crippen LogP contribution in [-0.2, 0) is 0 Å². The van der Waals surface area contributed by atoms with E-state index in [2.05, 4.69) is 29.6 Å². The first kappa shape index (κ1) is 7.17. The Bertz CT molecular complexity index is 388. The fourth-order valence-electron chi connectivity index (χ4n) is 1.38. The third-order valence-electron chi connectivity index (χ3n) is 2.00. The van der Waals surface area contributed by atoms with Gasteiger partial charge in [-0.05, 0) is 23.6 Å². The lowest BCUT2D eigenvalue weighted by Gasteiger charge is -2.03. The molecule has 0 saturated heterocycles. The molecule has 2 aromatic rings. The Morgan fingerprint density at radius 1 is 1.25 bits per heavy atom. The molecule has 0 aliphatic rings. The molecule has 12 heavy (non-hydrogen) atoms. The summed E-state index contributed by atoms with van der Waals surface area (Å²) in [4.78, 5) is 0. The van der Waals surface area contributed by atoms with Gasteiger partial charge in [-0.1, -0.05) is 24.3 Å². The van der Waals surface area contributed by atoms with Gasteiger partial charge in [0.1, 0.15) is 0 Å². The van der Waals surface area contributed by atoms with Crippen LogP contribution in [-0.4, -0.2) is 7.05 Å². The van der Waals surface area contributed by atoms with Crippen molar-refractivity contribution in [2.75, 3.05) is 12.4 Å². The van der Waals surface area contributed by atoms with Crippen molar-refractivity contribution in [3.8, 4) is 0 Å². The van der Waals surface area contributed by atoms with Gasteiger partial charge in [0.05, 0.1) is 0 Å². The Balaban J connectivity index is 2.79. The maximum absolute atomic E-state index is 3.15. The Labute approximate surface area is 72.0 Å². The number of hydrogen-bond acceptors (Lipinski definition) is 1. The normalized spacial score (nSPS) is 10.1. The molecule has 0 aliphatic carbocycles. The van der Waals surface area contributed by atoms with Gasteiger partial charge in [0, 0.05) is 18.1 Å². The third kappa shape index (κ3) is 1.03. The summed E-state index contributed by atoms with van der Waals surface area (Å²) < 4.78 is 0. The predicted octanol–water partition coefficient (Wildman–Crippen LogP) is 2.68. The van der Waals surface area contributed by atoms with Crippen LogP contribution >= 0.6 is 0 Å². The molecule has 0 bridgehead atoms. The van der Waals surface area contributed by atoms with Crippen LogP contribution in [0.1, 0.15) is 0 Å². The summed E-state index contributed by atoms with van der Waals surface area (Å²) in [5, 5.41) is 5.63. The number of rotatable bonds is 1. The lowest BCUT2D eigenvalue weighted by Crippen LogP contribution is -1.88. The Morgan fingerprint density at radius 2 is 2.17 bits per heavy atom. The minimum atomic E-state index is 1.16. The molecule has 0 unspecified atom stereocenters. The molecule has 0 saturated carbocycles. The molecule has 1 heteroatoms. The zero-order valence-electron chi connectivity index (χ0n) is 6.96. The molecular formula is C11H10N. The van der Waals surface area contributed by atoms with E-state index < -0.39 is 0 Å². The van der Waals surface area contributed by atoms with Crippen molar-refractivity contribution in [2.45, 2.75) is 0 Å². The van der Waals surface area contributed by atoms with Gasteiger partial charge < -0.3 is 5.32 Å². The first-order valence-electron chi connectivity index (χ1n) is 3.98. The molecule has 0 amide bonds. The quantitative estimate of drug-likeness (QED) is 0.669. The molecule has 0 heterocycles. The molecule has 2 aromatic carbocycles. The van der Waals surface area contributed by atoms with Crippen LogP contribution in [0.2, 0.25) is 0 Å². The first-order valence-corrected chi connectivity index (χ1v) is 3.98. The summed E-state index contributed by atoms with van der Waals surface area (Å²) in [6.45, 7) is 0. The van der Waals surface area contributed by atoms with E-state index in [1.807, 2.05) is 25.2 Å². The number of hydrogen-bond donors (Lipinski definition) is 1. The van der Waals surface area contributed by atoms with Gasteiger partial charge in [-0.3, -0.25) is 0 Å². The number of anilines is 1. The van der Waals surface area contributed by atoms with Crippen molar-refractivity contribution in [1.29, 1.82) is 0 Å². The molecule has 0 aromatic heterocycles. The van der Waals surface area contributed by atoms with E-state index in [0.717, 1.165) is 5.69 Å². The van der Waals surface area contributed by atoms with Gasteiger partial charge >= 0.3 is 0 Å². The smallest absolute Gasteiger partial charge is 0.0417 e. The summed E-state index contributed by atoms with van der Waals surface area (Å²) in [6, 6.07) is 15.3. The second-order valence-electron chi connectivity index (χ2n) is 2.70. The number of benzene rings is 2. The average Bonchev–Trinajstić information content (AvgIpc) is 2.17. The minimum Gasteiger partial charge on any atom is -0.388 e. The predicted molar refractivity (Wildman–Crippen MR) is 52.3 cm³/mol. The first-order chi connectivity index (χ1) is 5.92. The van der Waals surface area contributed by atoms with Crippen LogP contribution in [0.25, 0.3) is 10.8 Å². The highest BCUT2D eigenvalue weighted by molar-refractivity contribution is 5.93. The molecule has 0 atom stereocenters. The summed E-state index contributed by atoms with van der Waals surface area (Å²) >= 11 is 0. The van der Waals surface area contributed by atoms with Crippen molar-refractivity contribution in [2.24, 2.45) is 0 Å². The van der Waals surface area contributed by atoms with Gasteiger partial charge in [0.2, 0.25) is 0 Å². The van der Waals surface area contributed by atoms with E-state index in [1.165, 1.54) is 10.8 Å². The van der Waals surface area contributed by atoms with Crippen LogP contribution < -0.4 is 5.32 Å². The van der Waals surface area contributed by atoms with Crippen LogP contribution in [0.4, 0.5) is 5.69 Å². The van der Waals surface area contributed by atoms with Gasteiger partial charge in [-0.25, -0.2) is 0 Å². The number of fused-ring (bicyclic) bond motifs is 1. The highest BCUT2D eigenvalue weighted by Crippen LogP contribution is 2.21. The maximum atomic E-state index is 3.15. The molecule has 1 N–H and O–H groups in total. The van der Waals surface area contributed by atoms with Gasteiger partial charge in [0.25, 0.3) is 0 Å². The van der Waals surface area contributed by atoms with Crippen molar-refractivity contribution >= 4 is 16.5 Å². The maximum Gasteiger partial charge on any atom is 0.0417 e. The van der Waals surface area contributed by atoms with Crippen LogP contribution in [0.15, 0.2) is 36.4 Å². The van der Waals surface area contributed by atoms with Crippen LogP contribution in [0.5, 0.6) is 0 Å². The van der Waals surface area contributed by atoms with E-state index in [4.69, 9.17) is 0 Å². The fourth-order valence-corrected chi connectivity index (χ4v) is 1.38. The Kier molecular flexibility index (Phi) is 1.71. The van der Waals surface area contributed by atoms with E-state index in [-0.39, 0.29) is 0 Å². The van der Waals surface area contributed by atoms with Crippen molar-refractivity contribution < 1.29 is 0 Å². The largest absolute Gasteiger partial charge is 0.388 e. The molecule has 2 rings (SSSR count). The highest BCUT2D eigenvalue weighted by Gasteiger charge is 1.95. The van der Waals surface area contributed by atoms with Crippen molar-refractivity contribution in [3.63, 3.8) is 0 Å². The monoisotopic (exact) mass is 156 g/mol. The standard InChI is InChI=1S/C11H10N/c1-12-11-8-4-6-9-5-2-3-7-10(9)11/h2,4-8,12H,1H3. The lowest BCUT2D eigenvalue weighted by molar-refractivity contribution is 1.54. The van der Waals surface area contributed by atoms with E-state index in [9.17, 15) is 0 Å². The van der Waals surface area contributed by atoms with Crippen molar-refractivity contribution in [1.82, 2.24) is 0 Å². The molecule has 0 aliphatic heterocycles. The molecular weight excluding hydrogens is 146 g/mol. The second kappa shape index (κ2) is 2.86. The highest BCUT2D eigenvalue weighted by atomic mass is 14.8. The molecule has 0 spiro atoms. The SMILES string of the molecule is CNc1cccc2cc[c]cc12. The molecule has 1 nitrogen and oxygen atoms in total. The molecule has 59 valence electrons. The van der Waals surface area contributed by atoms with Gasteiger partial charge in [-0.15, -0.1) is 0 Å². The zero-order valence-corrected chi connectivity index (χ0v) is 6.96. The zero-order chi connectivity index (χ0) is 8.39.